The van der Waals surface area contributed by atoms with Crippen LogP contribution in [0, 0.1) is 13.7 Å². The van der Waals surface area contributed by atoms with Gasteiger partial charge in [-0.25, -0.2) is 4.98 Å². The molecule has 5 nitrogen and oxygen atoms in total. The minimum atomic E-state index is -3.44. The molecule has 5 aromatic carbocycles. The predicted molar refractivity (Wildman–Crippen MR) is 220 cm³/mol. The number of benzene rings is 5. The molecule has 0 bridgehead atoms. The van der Waals surface area contributed by atoms with Crippen LogP contribution in [-0.4, -0.2) is 20.5 Å². The standard InChI is InChI=1S/C48H39F2N5/c1-31-12-10-13-32(2)46(31)39-16-6-7-17-40(39)54-30-53(41-18-8-9-19-42(41)54)36-15-11-14-34(26-36)48(49,50)35-20-21-37-38-23-24-51-29-44(38)55(43(37)27-35)45-28-33(22-25-52-45)47(3,4)5/h6-29H,1-5H3/q+2/i1D3,2D3. The van der Waals surface area contributed by atoms with Gasteiger partial charge in [0.25, 0.3) is 17.3 Å². The van der Waals surface area contributed by atoms with Gasteiger partial charge in [0, 0.05) is 72.8 Å². The molecule has 1 aliphatic rings. The van der Waals surface area contributed by atoms with Gasteiger partial charge < -0.3 is 0 Å². The van der Waals surface area contributed by atoms with Crippen molar-refractivity contribution in [2.75, 3.05) is 0 Å². The summed E-state index contributed by atoms with van der Waals surface area (Å²) in [4.78, 5) is 9.04. The molecule has 0 amide bonds. The summed E-state index contributed by atoms with van der Waals surface area (Å²) in [5, 5.41) is 1.66. The van der Waals surface area contributed by atoms with Crippen molar-refractivity contribution in [2.24, 2.45) is 0 Å². The van der Waals surface area contributed by atoms with Gasteiger partial charge in [-0.3, -0.25) is 9.55 Å². The Labute approximate surface area is 327 Å². The van der Waals surface area contributed by atoms with Crippen molar-refractivity contribution in [3.05, 3.63) is 174 Å². The van der Waals surface area contributed by atoms with E-state index in [1.165, 1.54) is 42.5 Å². The Morgan fingerprint density at radius 2 is 1.33 bits per heavy atom. The van der Waals surface area contributed by atoms with E-state index in [-0.39, 0.29) is 33.2 Å². The van der Waals surface area contributed by atoms with Crippen LogP contribution in [0.2, 0.25) is 0 Å². The molecular weight excluding hydrogens is 685 g/mol. The van der Waals surface area contributed by atoms with Crippen LogP contribution in [0.25, 0.3) is 38.8 Å². The summed E-state index contributed by atoms with van der Waals surface area (Å²) in [6.07, 6.45) is 5.15. The molecule has 0 spiro atoms. The second-order valence-electron chi connectivity index (χ2n) is 14.7. The van der Waals surface area contributed by atoms with Crippen molar-refractivity contribution in [3.8, 4) is 16.9 Å². The second-order valence-corrected chi connectivity index (χ2v) is 14.7. The number of pyridine rings is 2. The number of para-hydroxylation sites is 3. The Kier molecular flexibility index (Phi) is 6.50. The molecule has 9 rings (SSSR count). The van der Waals surface area contributed by atoms with Gasteiger partial charge in [0.05, 0.1) is 22.8 Å². The molecule has 268 valence electrons. The third kappa shape index (κ3) is 5.67. The van der Waals surface area contributed by atoms with Crippen molar-refractivity contribution in [1.29, 1.82) is 0 Å². The van der Waals surface area contributed by atoms with Crippen molar-refractivity contribution in [1.82, 2.24) is 23.7 Å². The molecule has 7 heteroatoms. The summed E-state index contributed by atoms with van der Waals surface area (Å²) in [6.45, 7) is 1.09. The van der Waals surface area contributed by atoms with Crippen molar-refractivity contribution in [3.63, 3.8) is 0 Å². The highest BCUT2D eigenvalue weighted by molar-refractivity contribution is 6.09. The molecule has 0 radical (unpaired) electrons. The second kappa shape index (κ2) is 12.8. The third-order valence-electron chi connectivity index (χ3n) is 10.3. The van der Waals surface area contributed by atoms with Crippen LogP contribution >= 0.6 is 0 Å². The maximum Gasteiger partial charge on any atom is 0.503 e. The first kappa shape index (κ1) is 28.0. The van der Waals surface area contributed by atoms with E-state index in [1.807, 2.05) is 47.0 Å². The zero-order valence-electron chi connectivity index (χ0n) is 36.3. The first-order chi connectivity index (χ1) is 28.9. The van der Waals surface area contributed by atoms with Crippen LogP contribution in [0.4, 0.5) is 31.5 Å². The fraction of sp³-hybridized carbons (Fsp3) is 0.146. The van der Waals surface area contributed by atoms with Gasteiger partial charge in [-0.2, -0.15) is 8.78 Å². The number of rotatable bonds is 6. The number of hydrogen-bond donors (Lipinski definition) is 0. The van der Waals surface area contributed by atoms with Crippen LogP contribution in [0.3, 0.4) is 0 Å². The lowest BCUT2D eigenvalue weighted by Gasteiger charge is -2.20. The number of aromatic nitrogens is 3. The maximum absolute atomic E-state index is 17.1. The Bertz CT molecular complexity index is 3100. The first-order valence-corrected chi connectivity index (χ1v) is 18.0. The molecule has 55 heavy (non-hydrogen) atoms. The SMILES string of the molecule is [2H]C([2H])([2H])c1cccc(C([2H])([2H])[2H])c1-c1ccccc1[N+]1=C=[N+](c2cccc(C(F)(F)c3ccc4c5ccncc5n(-c5cc(C(C)(C)C)ccn5)c4c3)c2)c2ccccc21. The monoisotopic (exact) mass is 729 g/mol. The fourth-order valence-corrected chi connectivity index (χ4v) is 7.48. The highest BCUT2D eigenvalue weighted by Crippen LogP contribution is 2.44. The van der Waals surface area contributed by atoms with Gasteiger partial charge in [0.15, 0.2) is 0 Å². The highest BCUT2D eigenvalue weighted by atomic mass is 19.3. The van der Waals surface area contributed by atoms with Crippen molar-refractivity contribution in [2.45, 2.75) is 45.8 Å². The molecule has 0 N–H and O–H groups in total. The van der Waals surface area contributed by atoms with Crippen molar-refractivity contribution >= 4 is 50.6 Å². The zero-order chi connectivity index (χ0) is 43.1. The van der Waals surface area contributed by atoms with Crippen molar-refractivity contribution < 1.29 is 17.0 Å². The number of halogens is 2. The molecule has 0 unspecified atom stereocenters. The molecule has 3 aromatic heterocycles. The smallest absolute Gasteiger partial charge is 0.292 e. The number of hydrogen-bond acceptors (Lipinski definition) is 2. The van der Waals surface area contributed by atoms with Gasteiger partial charge >= 0.3 is 6.01 Å². The van der Waals surface area contributed by atoms with Gasteiger partial charge in [0.1, 0.15) is 5.82 Å². The van der Waals surface area contributed by atoms with E-state index in [0.29, 0.717) is 39.6 Å². The van der Waals surface area contributed by atoms with E-state index < -0.39 is 19.6 Å². The van der Waals surface area contributed by atoms with Crippen LogP contribution in [0.5, 0.6) is 0 Å². The molecule has 0 fully saturated rings. The fourth-order valence-electron chi connectivity index (χ4n) is 7.48. The largest absolute Gasteiger partial charge is 0.503 e. The summed E-state index contributed by atoms with van der Waals surface area (Å²) >= 11 is 0. The van der Waals surface area contributed by atoms with E-state index in [4.69, 9.17) is 8.22 Å². The number of nitrogens with zero attached hydrogens (tertiary/aromatic N) is 5. The number of fused-ring (bicyclic) bond motifs is 4. The molecular formula is C48H39F2N5+2. The number of alkyl halides is 2. The molecule has 0 saturated heterocycles. The van der Waals surface area contributed by atoms with E-state index >= 15 is 8.78 Å². The molecule has 1 aliphatic heterocycles. The van der Waals surface area contributed by atoms with Gasteiger partial charge in [0.2, 0.25) is 11.4 Å². The average Bonchev–Trinajstić information content (AvgIpc) is 3.79. The lowest BCUT2D eigenvalue weighted by Crippen LogP contribution is -2.16. The normalized spacial score (nSPS) is 15.0. The quantitative estimate of drug-likeness (QED) is 0.160. The van der Waals surface area contributed by atoms with Crippen LogP contribution < -0.4 is 9.15 Å². The summed E-state index contributed by atoms with van der Waals surface area (Å²) in [7, 11) is 0. The molecule has 0 saturated carbocycles. The van der Waals surface area contributed by atoms with E-state index in [1.54, 1.807) is 70.2 Å². The summed E-state index contributed by atoms with van der Waals surface area (Å²) in [6, 6.07) is 38.6. The van der Waals surface area contributed by atoms with Gasteiger partial charge in [-0.1, -0.05) is 87.5 Å². The average molecular weight is 730 g/mol. The van der Waals surface area contributed by atoms with E-state index in [0.717, 1.165) is 21.9 Å². The third-order valence-corrected chi connectivity index (χ3v) is 10.3. The topological polar surface area (TPSA) is 36.7 Å². The summed E-state index contributed by atoms with van der Waals surface area (Å²) < 4.78 is 89.3. The van der Waals surface area contributed by atoms with E-state index in [2.05, 4.69) is 36.7 Å². The lowest BCUT2D eigenvalue weighted by molar-refractivity contribution is 0.0430. The Morgan fingerprint density at radius 1 is 0.636 bits per heavy atom. The van der Waals surface area contributed by atoms with E-state index in [9.17, 15) is 0 Å². The first-order valence-electron chi connectivity index (χ1n) is 21.0. The lowest BCUT2D eigenvalue weighted by atomic mass is 9.88. The zero-order valence-corrected chi connectivity index (χ0v) is 30.3. The highest BCUT2D eigenvalue weighted by Gasteiger charge is 2.40. The molecule has 0 aliphatic carbocycles. The molecule has 4 heterocycles. The Hall–Kier alpha value is -6.56. The minimum Gasteiger partial charge on any atom is -0.292 e. The Morgan fingerprint density at radius 3 is 2.09 bits per heavy atom. The minimum absolute atomic E-state index is 0.0856. The summed E-state index contributed by atoms with van der Waals surface area (Å²) in [5.74, 6) is -2.84. The molecule has 8 aromatic rings. The van der Waals surface area contributed by atoms with Crippen LogP contribution in [0.1, 0.15) is 56.8 Å². The van der Waals surface area contributed by atoms with Gasteiger partial charge in [-0.15, -0.1) is 0 Å². The Balaban J connectivity index is 1.19. The number of aryl methyl sites for hydroxylation is 2. The van der Waals surface area contributed by atoms with Gasteiger partial charge in [-0.05, 0) is 80.9 Å². The summed E-state index contributed by atoms with van der Waals surface area (Å²) in [5.41, 5.74) is 4.13. The van der Waals surface area contributed by atoms with Crippen LogP contribution in [-0.2, 0) is 11.3 Å². The molecule has 0 atom stereocenters. The predicted octanol–water partition coefficient (Wildman–Crippen LogP) is 12.2. The van der Waals surface area contributed by atoms with Crippen LogP contribution in [0.15, 0.2) is 146 Å². The maximum atomic E-state index is 17.1.